The second-order valence-corrected chi connectivity index (χ2v) is 16.9. The average molecular weight is 863 g/mol. The predicted molar refractivity (Wildman–Crippen MR) is 265 cm³/mol. The molecule has 0 bridgehead atoms. The molecule has 0 aromatic carbocycles. The van der Waals surface area contributed by atoms with Crippen LogP contribution in [0.15, 0.2) is 85.1 Å². The Balaban J connectivity index is 4.49. The number of carbonyl (C=O) groups is 3. The normalized spacial score (nSPS) is 12.8. The van der Waals surface area contributed by atoms with Gasteiger partial charge in [-0.2, -0.15) is 0 Å². The van der Waals surface area contributed by atoms with Crippen LogP contribution in [-0.4, -0.2) is 37.2 Å². The Bertz CT molecular complexity index is 1220. The number of esters is 3. The van der Waals surface area contributed by atoms with Gasteiger partial charge in [0.1, 0.15) is 13.2 Å². The first-order chi connectivity index (χ1) is 30.5. The highest BCUT2D eigenvalue weighted by Gasteiger charge is 2.19. The summed E-state index contributed by atoms with van der Waals surface area (Å²) in [7, 11) is 0. The van der Waals surface area contributed by atoms with Crippen LogP contribution in [0.25, 0.3) is 0 Å². The fourth-order valence-electron chi connectivity index (χ4n) is 6.94. The third-order valence-corrected chi connectivity index (χ3v) is 10.8. The van der Waals surface area contributed by atoms with E-state index in [2.05, 4.69) is 45.1 Å². The van der Waals surface area contributed by atoms with E-state index in [1.54, 1.807) is 0 Å². The largest absolute Gasteiger partial charge is 0.462 e. The van der Waals surface area contributed by atoms with Crippen molar-refractivity contribution in [3.05, 3.63) is 85.1 Å². The monoisotopic (exact) mass is 863 g/mol. The van der Waals surface area contributed by atoms with Gasteiger partial charge in [-0.25, -0.2) is 0 Å². The Morgan fingerprint density at radius 2 is 0.645 bits per heavy atom. The fourth-order valence-corrected chi connectivity index (χ4v) is 6.94. The van der Waals surface area contributed by atoms with Crippen molar-refractivity contribution in [2.24, 2.45) is 0 Å². The fraction of sp³-hybridized carbons (Fsp3) is 0.696. The number of hydrogen-bond acceptors (Lipinski definition) is 6. The SMILES string of the molecule is CC\C=C/C=C\C=C/C=C\C=C\C=C/CCCCCC(=O)OCC(COC(=O)CCCCC/C=C\CCCCCCCC)OC(=O)CCCCCCCCCCCCCCCC. The Labute approximate surface area is 382 Å². The van der Waals surface area contributed by atoms with Gasteiger partial charge in [0.2, 0.25) is 0 Å². The van der Waals surface area contributed by atoms with E-state index in [1.807, 2.05) is 60.8 Å². The summed E-state index contributed by atoms with van der Waals surface area (Å²) in [4.78, 5) is 37.9. The van der Waals surface area contributed by atoms with Crippen molar-refractivity contribution in [2.45, 2.75) is 239 Å². The molecule has 0 rings (SSSR count). The van der Waals surface area contributed by atoms with E-state index in [4.69, 9.17) is 14.2 Å². The number of unbranched alkanes of at least 4 members (excludes halogenated alkanes) is 25. The maximum Gasteiger partial charge on any atom is 0.306 e. The lowest BCUT2D eigenvalue weighted by atomic mass is 10.0. The lowest BCUT2D eigenvalue weighted by Crippen LogP contribution is -2.30. The van der Waals surface area contributed by atoms with Crippen LogP contribution in [0.4, 0.5) is 0 Å². The highest BCUT2D eigenvalue weighted by molar-refractivity contribution is 5.71. The summed E-state index contributed by atoms with van der Waals surface area (Å²) in [5.41, 5.74) is 0. The molecule has 0 spiro atoms. The molecule has 0 heterocycles. The third kappa shape index (κ3) is 47.6. The highest BCUT2D eigenvalue weighted by Crippen LogP contribution is 2.15. The highest BCUT2D eigenvalue weighted by atomic mass is 16.6. The zero-order valence-electron chi connectivity index (χ0n) is 40.4. The predicted octanol–water partition coefficient (Wildman–Crippen LogP) is 16.8. The molecule has 0 aliphatic carbocycles. The van der Waals surface area contributed by atoms with Crippen LogP contribution >= 0.6 is 0 Å². The molecule has 6 heteroatoms. The molecule has 0 saturated heterocycles. The van der Waals surface area contributed by atoms with Gasteiger partial charge < -0.3 is 14.2 Å². The van der Waals surface area contributed by atoms with Crippen molar-refractivity contribution in [1.29, 1.82) is 0 Å². The number of ether oxygens (including phenoxy) is 3. The molecule has 0 fully saturated rings. The van der Waals surface area contributed by atoms with Gasteiger partial charge in [0.15, 0.2) is 6.10 Å². The summed E-state index contributed by atoms with van der Waals surface area (Å²) >= 11 is 0. The van der Waals surface area contributed by atoms with E-state index in [9.17, 15) is 14.4 Å². The van der Waals surface area contributed by atoms with E-state index in [-0.39, 0.29) is 31.1 Å². The molecule has 0 aliphatic heterocycles. The molecule has 0 aromatic heterocycles. The zero-order chi connectivity index (χ0) is 45.1. The molecule has 62 heavy (non-hydrogen) atoms. The molecular weight excluding hydrogens is 769 g/mol. The Kier molecular flexibility index (Phi) is 47.5. The molecule has 354 valence electrons. The lowest BCUT2D eigenvalue weighted by Gasteiger charge is -2.18. The maximum absolute atomic E-state index is 12.8. The molecule has 0 aromatic rings. The smallest absolute Gasteiger partial charge is 0.306 e. The number of carbonyl (C=O) groups excluding carboxylic acids is 3. The van der Waals surface area contributed by atoms with Gasteiger partial charge in [0.25, 0.3) is 0 Å². The minimum Gasteiger partial charge on any atom is -0.462 e. The summed E-state index contributed by atoms with van der Waals surface area (Å²) in [6.07, 6.45) is 64.2. The first kappa shape index (κ1) is 58.6. The van der Waals surface area contributed by atoms with Crippen LogP contribution in [0, 0.1) is 0 Å². The molecule has 0 N–H and O–H groups in total. The van der Waals surface area contributed by atoms with Gasteiger partial charge in [-0.3, -0.25) is 14.4 Å². The van der Waals surface area contributed by atoms with Gasteiger partial charge in [-0.05, 0) is 64.2 Å². The van der Waals surface area contributed by atoms with E-state index in [1.165, 1.54) is 109 Å². The van der Waals surface area contributed by atoms with Crippen LogP contribution < -0.4 is 0 Å². The minimum atomic E-state index is -0.798. The summed E-state index contributed by atoms with van der Waals surface area (Å²) in [6.45, 7) is 6.43. The molecular formula is C56H94O6. The minimum absolute atomic E-state index is 0.0979. The summed E-state index contributed by atoms with van der Waals surface area (Å²) in [6, 6.07) is 0. The Morgan fingerprint density at radius 1 is 0.339 bits per heavy atom. The molecule has 0 radical (unpaired) electrons. The van der Waals surface area contributed by atoms with E-state index in [0.717, 1.165) is 83.5 Å². The lowest BCUT2D eigenvalue weighted by molar-refractivity contribution is -0.167. The van der Waals surface area contributed by atoms with Crippen molar-refractivity contribution >= 4 is 17.9 Å². The van der Waals surface area contributed by atoms with Gasteiger partial charge in [0, 0.05) is 19.3 Å². The zero-order valence-corrected chi connectivity index (χ0v) is 40.4. The van der Waals surface area contributed by atoms with Gasteiger partial charge >= 0.3 is 17.9 Å². The number of hydrogen-bond donors (Lipinski definition) is 0. The van der Waals surface area contributed by atoms with Crippen LogP contribution in [-0.2, 0) is 28.6 Å². The Hall–Kier alpha value is -3.41. The third-order valence-electron chi connectivity index (χ3n) is 10.8. The first-order valence-electron chi connectivity index (χ1n) is 25.7. The van der Waals surface area contributed by atoms with Crippen LogP contribution in [0.2, 0.25) is 0 Å². The van der Waals surface area contributed by atoms with E-state index in [0.29, 0.717) is 19.3 Å². The van der Waals surface area contributed by atoms with E-state index < -0.39 is 6.10 Å². The number of allylic oxidation sites excluding steroid dienone is 14. The molecule has 6 nitrogen and oxygen atoms in total. The standard InChI is InChI=1S/C56H94O6/c1-4-7-10-13-16-19-22-25-27-28-29-32-34-37-40-43-46-49-55(58)61-52-53(51-60-54(57)48-45-42-39-36-33-30-24-21-18-15-12-9-6-3)62-56(59)50-47-44-41-38-35-31-26-23-20-17-14-11-8-5-2/h7,10,13,16,19,22,25,27-30,32-34,53H,4-6,8-9,11-12,14-15,17-18,20-21,23-24,26,31,35-52H2,1-3H3/b10-7-,16-13-,22-19-,27-25-,29-28+,33-30-,34-32-. The Morgan fingerprint density at radius 3 is 1.05 bits per heavy atom. The van der Waals surface area contributed by atoms with Crippen LogP contribution in [0.5, 0.6) is 0 Å². The maximum atomic E-state index is 12.8. The van der Waals surface area contributed by atoms with Crippen molar-refractivity contribution in [3.8, 4) is 0 Å². The molecule has 1 atom stereocenters. The van der Waals surface area contributed by atoms with Crippen molar-refractivity contribution in [3.63, 3.8) is 0 Å². The summed E-state index contributed by atoms with van der Waals surface area (Å²) in [5, 5.41) is 0. The van der Waals surface area contributed by atoms with Crippen LogP contribution in [0.3, 0.4) is 0 Å². The van der Waals surface area contributed by atoms with E-state index >= 15 is 0 Å². The molecule has 0 aliphatic rings. The second-order valence-electron chi connectivity index (χ2n) is 16.9. The quantitative estimate of drug-likeness (QED) is 0.0199. The molecule has 1 unspecified atom stereocenters. The van der Waals surface area contributed by atoms with Crippen LogP contribution in [0.1, 0.15) is 233 Å². The van der Waals surface area contributed by atoms with Crippen molar-refractivity contribution in [2.75, 3.05) is 13.2 Å². The first-order valence-corrected chi connectivity index (χ1v) is 25.7. The van der Waals surface area contributed by atoms with Crippen molar-refractivity contribution in [1.82, 2.24) is 0 Å². The van der Waals surface area contributed by atoms with Gasteiger partial charge in [-0.1, -0.05) is 234 Å². The summed E-state index contributed by atoms with van der Waals surface area (Å²) in [5.74, 6) is -0.956. The van der Waals surface area contributed by atoms with Gasteiger partial charge in [-0.15, -0.1) is 0 Å². The molecule has 0 saturated carbocycles. The number of rotatable bonds is 45. The topological polar surface area (TPSA) is 78.9 Å². The summed E-state index contributed by atoms with van der Waals surface area (Å²) < 4.78 is 16.7. The average Bonchev–Trinajstić information content (AvgIpc) is 3.27. The molecule has 0 amide bonds. The van der Waals surface area contributed by atoms with Crippen molar-refractivity contribution < 1.29 is 28.6 Å². The second kappa shape index (κ2) is 50.2. The van der Waals surface area contributed by atoms with Gasteiger partial charge in [0.05, 0.1) is 0 Å².